The second-order valence-corrected chi connectivity index (χ2v) is 6.23. The molecule has 6 heteroatoms. The highest BCUT2D eigenvalue weighted by Gasteiger charge is 2.13. The molecule has 0 bridgehead atoms. The first kappa shape index (κ1) is 17.0. The Morgan fingerprint density at radius 2 is 1.89 bits per heavy atom. The van der Waals surface area contributed by atoms with Gasteiger partial charge in [0.15, 0.2) is 0 Å². The third-order valence-electron chi connectivity index (χ3n) is 4.00. The molecule has 132 valence electrons. The van der Waals surface area contributed by atoms with E-state index in [4.69, 9.17) is 16.0 Å². The van der Waals surface area contributed by atoms with Crippen LogP contribution in [0.15, 0.2) is 82.5 Å². The largest absolute Gasteiger partial charge is 0.463 e. The van der Waals surface area contributed by atoms with E-state index in [2.05, 4.69) is 15.5 Å². The van der Waals surface area contributed by atoms with Gasteiger partial charge in [0.05, 0.1) is 29.3 Å². The minimum absolute atomic E-state index is 0.327. The Bertz CT molecular complexity index is 1120. The molecule has 0 saturated heterocycles. The van der Waals surface area contributed by atoms with Crippen LogP contribution >= 0.6 is 11.6 Å². The summed E-state index contributed by atoms with van der Waals surface area (Å²) in [5, 5.41) is 5.35. The second kappa shape index (κ2) is 7.43. The zero-order chi connectivity index (χ0) is 18.6. The highest BCUT2D eigenvalue weighted by molar-refractivity contribution is 6.30. The molecule has 0 unspecified atom stereocenters. The summed E-state index contributed by atoms with van der Waals surface area (Å²) in [4.78, 5) is 17.4. The molecule has 0 atom stereocenters. The summed E-state index contributed by atoms with van der Waals surface area (Å²) in [7, 11) is 0. The quantitative estimate of drug-likeness (QED) is 0.407. The normalized spacial score (nSPS) is 11.1. The van der Waals surface area contributed by atoms with Crippen molar-refractivity contribution < 1.29 is 9.21 Å². The molecule has 0 aliphatic carbocycles. The fourth-order valence-corrected chi connectivity index (χ4v) is 2.84. The molecule has 2 aromatic carbocycles. The summed E-state index contributed by atoms with van der Waals surface area (Å²) in [5.74, 6) is 0.225. The van der Waals surface area contributed by atoms with Crippen molar-refractivity contribution in [3.63, 3.8) is 0 Å². The number of hydrogen-bond donors (Lipinski definition) is 1. The van der Waals surface area contributed by atoms with Crippen molar-refractivity contribution in [2.45, 2.75) is 0 Å². The van der Waals surface area contributed by atoms with Crippen LogP contribution in [0.2, 0.25) is 5.02 Å². The van der Waals surface area contributed by atoms with Crippen LogP contribution in [0.25, 0.3) is 22.2 Å². The lowest BCUT2D eigenvalue weighted by atomic mass is 10.0. The lowest BCUT2D eigenvalue weighted by molar-refractivity contribution is 0.0956. The zero-order valence-corrected chi connectivity index (χ0v) is 14.9. The van der Waals surface area contributed by atoms with Gasteiger partial charge in [-0.3, -0.25) is 4.79 Å². The van der Waals surface area contributed by atoms with Gasteiger partial charge in [-0.1, -0.05) is 41.9 Å². The standard InChI is InChI=1S/C21H14ClN3O2/c22-15-9-7-14(8-10-15)20-12-18(17-5-1-2-6-19(17)24-20)21(26)25-23-13-16-4-3-11-27-16/h1-13H,(H,25,26)/b23-13+. The van der Waals surface area contributed by atoms with E-state index >= 15 is 0 Å². The van der Waals surface area contributed by atoms with E-state index in [9.17, 15) is 4.79 Å². The van der Waals surface area contributed by atoms with Crippen LogP contribution in [0.1, 0.15) is 16.1 Å². The second-order valence-electron chi connectivity index (χ2n) is 5.79. The zero-order valence-electron chi connectivity index (χ0n) is 14.1. The molecule has 2 aromatic heterocycles. The van der Waals surface area contributed by atoms with E-state index < -0.39 is 0 Å². The molecule has 5 nitrogen and oxygen atoms in total. The van der Waals surface area contributed by atoms with Crippen molar-refractivity contribution in [1.29, 1.82) is 0 Å². The highest BCUT2D eigenvalue weighted by atomic mass is 35.5. The van der Waals surface area contributed by atoms with Gasteiger partial charge in [-0.2, -0.15) is 5.10 Å². The molecular formula is C21H14ClN3O2. The molecule has 0 radical (unpaired) electrons. The lowest BCUT2D eigenvalue weighted by Gasteiger charge is -2.09. The number of amides is 1. The lowest BCUT2D eigenvalue weighted by Crippen LogP contribution is -2.18. The number of nitrogens with one attached hydrogen (secondary N) is 1. The van der Waals surface area contributed by atoms with Gasteiger partial charge < -0.3 is 4.42 Å². The third-order valence-corrected chi connectivity index (χ3v) is 4.25. The molecular weight excluding hydrogens is 362 g/mol. The summed E-state index contributed by atoms with van der Waals surface area (Å²) in [6, 6.07) is 20.1. The predicted molar refractivity (Wildman–Crippen MR) is 106 cm³/mol. The van der Waals surface area contributed by atoms with Gasteiger partial charge in [-0.25, -0.2) is 10.4 Å². The maximum atomic E-state index is 12.7. The molecule has 27 heavy (non-hydrogen) atoms. The first-order chi connectivity index (χ1) is 13.2. The van der Waals surface area contributed by atoms with Gasteiger partial charge in [-0.15, -0.1) is 0 Å². The number of halogens is 1. The van der Waals surface area contributed by atoms with Crippen LogP contribution in [-0.4, -0.2) is 17.1 Å². The molecule has 0 aliphatic rings. The summed E-state index contributed by atoms with van der Waals surface area (Å²) < 4.78 is 5.16. The van der Waals surface area contributed by atoms with Crippen molar-refractivity contribution in [2.75, 3.05) is 0 Å². The Morgan fingerprint density at radius 3 is 2.67 bits per heavy atom. The van der Waals surface area contributed by atoms with Crippen LogP contribution in [0.4, 0.5) is 0 Å². The van der Waals surface area contributed by atoms with Gasteiger partial charge in [0.1, 0.15) is 5.76 Å². The highest BCUT2D eigenvalue weighted by Crippen LogP contribution is 2.26. The summed E-state index contributed by atoms with van der Waals surface area (Å²) in [5.41, 5.74) is 5.31. The summed E-state index contributed by atoms with van der Waals surface area (Å²) in [6.45, 7) is 0. The van der Waals surface area contributed by atoms with Gasteiger partial charge >= 0.3 is 0 Å². The van der Waals surface area contributed by atoms with Crippen molar-refractivity contribution >= 4 is 34.6 Å². The smallest absolute Gasteiger partial charge is 0.272 e. The maximum absolute atomic E-state index is 12.7. The fourth-order valence-electron chi connectivity index (χ4n) is 2.71. The number of benzene rings is 2. The first-order valence-corrected chi connectivity index (χ1v) is 8.61. The molecule has 1 amide bonds. The molecule has 2 heterocycles. The van der Waals surface area contributed by atoms with Crippen LogP contribution < -0.4 is 5.43 Å². The molecule has 0 fully saturated rings. The van der Waals surface area contributed by atoms with E-state index in [1.807, 2.05) is 36.4 Å². The number of carbonyl (C=O) groups is 1. The van der Waals surface area contributed by atoms with Crippen molar-refractivity contribution in [3.05, 3.63) is 89.3 Å². The average molecular weight is 376 g/mol. The number of furan rings is 1. The molecule has 0 spiro atoms. The number of rotatable bonds is 4. The van der Waals surface area contributed by atoms with Gasteiger partial charge in [0.2, 0.25) is 0 Å². The van der Waals surface area contributed by atoms with E-state index in [0.717, 1.165) is 16.5 Å². The number of nitrogens with zero attached hydrogens (tertiary/aromatic N) is 2. The number of hydrazone groups is 1. The van der Waals surface area contributed by atoms with Crippen LogP contribution in [0.3, 0.4) is 0 Å². The topological polar surface area (TPSA) is 67.5 Å². The predicted octanol–water partition coefficient (Wildman–Crippen LogP) is 4.91. The Kier molecular flexibility index (Phi) is 4.68. The summed E-state index contributed by atoms with van der Waals surface area (Å²) in [6.07, 6.45) is 2.99. The van der Waals surface area contributed by atoms with Crippen molar-refractivity contribution in [3.8, 4) is 11.3 Å². The minimum atomic E-state index is -0.327. The Morgan fingerprint density at radius 1 is 1.07 bits per heavy atom. The molecule has 0 aliphatic heterocycles. The Labute approximate surface area is 160 Å². The van der Waals surface area contributed by atoms with Crippen LogP contribution in [0, 0.1) is 0 Å². The number of fused-ring (bicyclic) bond motifs is 1. The molecule has 0 saturated carbocycles. The maximum Gasteiger partial charge on any atom is 0.272 e. The third kappa shape index (κ3) is 3.73. The minimum Gasteiger partial charge on any atom is -0.463 e. The van der Waals surface area contributed by atoms with Gasteiger partial charge in [0.25, 0.3) is 5.91 Å². The van der Waals surface area contributed by atoms with Gasteiger partial charge in [-0.05, 0) is 36.4 Å². The van der Waals surface area contributed by atoms with Crippen molar-refractivity contribution in [1.82, 2.24) is 10.4 Å². The monoisotopic (exact) mass is 375 g/mol. The van der Waals surface area contributed by atoms with Crippen LogP contribution in [-0.2, 0) is 0 Å². The Hall–Kier alpha value is -3.44. The van der Waals surface area contributed by atoms with E-state index in [1.165, 1.54) is 12.5 Å². The van der Waals surface area contributed by atoms with Gasteiger partial charge in [0, 0.05) is 16.0 Å². The number of hydrogen-bond acceptors (Lipinski definition) is 4. The van der Waals surface area contributed by atoms with E-state index in [-0.39, 0.29) is 5.91 Å². The van der Waals surface area contributed by atoms with E-state index in [0.29, 0.717) is 22.0 Å². The SMILES string of the molecule is O=C(N/N=C/c1ccco1)c1cc(-c2ccc(Cl)cc2)nc2ccccc12. The molecule has 4 rings (SSSR count). The number of carbonyl (C=O) groups excluding carboxylic acids is 1. The molecule has 1 N–H and O–H groups in total. The number of aromatic nitrogens is 1. The average Bonchev–Trinajstić information content (AvgIpc) is 3.21. The molecule has 4 aromatic rings. The van der Waals surface area contributed by atoms with Crippen molar-refractivity contribution in [2.24, 2.45) is 5.10 Å². The number of pyridine rings is 1. The Balaban J connectivity index is 1.71. The first-order valence-electron chi connectivity index (χ1n) is 8.23. The summed E-state index contributed by atoms with van der Waals surface area (Å²) >= 11 is 5.97. The fraction of sp³-hybridized carbons (Fsp3) is 0. The number of para-hydroxylation sites is 1. The van der Waals surface area contributed by atoms with Crippen LogP contribution in [0.5, 0.6) is 0 Å². The van der Waals surface area contributed by atoms with E-state index in [1.54, 1.807) is 30.3 Å².